The van der Waals surface area contributed by atoms with Crippen molar-refractivity contribution in [1.29, 1.82) is 0 Å². The standard InChI is InChI=1S/C17H15N3O3S/c1-24-12-4-2-3-11(9-12)19-15(21)6-8-20-16(22)13-5-7-18-10-14(13)17(20)23/h2-5,7,9-10H,6,8H2,1H3,(H,19,21). The van der Waals surface area contributed by atoms with Crippen LogP contribution >= 0.6 is 11.8 Å². The van der Waals surface area contributed by atoms with Crippen LogP contribution in [-0.2, 0) is 4.79 Å². The first kappa shape index (κ1) is 16.2. The molecule has 0 radical (unpaired) electrons. The van der Waals surface area contributed by atoms with Crippen molar-refractivity contribution in [2.24, 2.45) is 0 Å². The van der Waals surface area contributed by atoms with Gasteiger partial charge in [-0.2, -0.15) is 0 Å². The summed E-state index contributed by atoms with van der Waals surface area (Å²) < 4.78 is 0. The Morgan fingerprint density at radius 1 is 1.21 bits per heavy atom. The van der Waals surface area contributed by atoms with E-state index in [-0.39, 0.29) is 30.3 Å². The summed E-state index contributed by atoms with van der Waals surface area (Å²) >= 11 is 1.58. The lowest BCUT2D eigenvalue weighted by molar-refractivity contribution is -0.116. The number of amides is 3. The largest absolute Gasteiger partial charge is 0.326 e. The van der Waals surface area contributed by atoms with Gasteiger partial charge in [-0.05, 0) is 30.5 Å². The lowest BCUT2D eigenvalue weighted by Gasteiger charge is -2.13. The van der Waals surface area contributed by atoms with Gasteiger partial charge < -0.3 is 5.32 Å². The number of pyridine rings is 1. The third-order valence-corrected chi connectivity index (χ3v) is 4.41. The molecule has 0 bridgehead atoms. The van der Waals surface area contributed by atoms with Gasteiger partial charge in [0, 0.05) is 35.9 Å². The first-order chi connectivity index (χ1) is 11.6. The minimum atomic E-state index is -0.403. The maximum atomic E-state index is 12.2. The molecule has 0 aliphatic carbocycles. The van der Waals surface area contributed by atoms with Crippen LogP contribution < -0.4 is 5.32 Å². The van der Waals surface area contributed by atoms with Gasteiger partial charge in [0.15, 0.2) is 0 Å². The molecule has 1 aliphatic rings. The summed E-state index contributed by atoms with van der Waals surface area (Å²) in [6.07, 6.45) is 4.85. The van der Waals surface area contributed by atoms with E-state index in [1.54, 1.807) is 17.8 Å². The van der Waals surface area contributed by atoms with E-state index in [2.05, 4.69) is 10.3 Å². The number of thioether (sulfide) groups is 1. The second kappa shape index (κ2) is 6.84. The zero-order valence-electron chi connectivity index (χ0n) is 13.0. The summed E-state index contributed by atoms with van der Waals surface area (Å²) in [5, 5.41) is 2.78. The molecule has 3 amide bonds. The molecule has 122 valence electrons. The van der Waals surface area contributed by atoms with Gasteiger partial charge in [-0.3, -0.25) is 24.3 Å². The van der Waals surface area contributed by atoms with Crippen molar-refractivity contribution >= 4 is 35.2 Å². The maximum Gasteiger partial charge on any atom is 0.263 e. The van der Waals surface area contributed by atoms with Gasteiger partial charge in [0.2, 0.25) is 5.91 Å². The molecule has 0 atom stereocenters. The molecule has 0 fully saturated rings. The Hall–Kier alpha value is -2.67. The number of rotatable bonds is 5. The van der Waals surface area contributed by atoms with Crippen LogP contribution in [0, 0.1) is 0 Å². The average molecular weight is 341 g/mol. The fourth-order valence-corrected chi connectivity index (χ4v) is 2.93. The van der Waals surface area contributed by atoms with Crippen LogP contribution in [0.15, 0.2) is 47.6 Å². The van der Waals surface area contributed by atoms with Crippen LogP contribution in [0.4, 0.5) is 5.69 Å². The second-order valence-corrected chi connectivity index (χ2v) is 6.09. The van der Waals surface area contributed by atoms with Crippen LogP contribution in [0.1, 0.15) is 27.1 Å². The lowest BCUT2D eigenvalue weighted by Crippen LogP contribution is -2.32. The molecule has 0 spiro atoms. The molecule has 3 rings (SSSR count). The van der Waals surface area contributed by atoms with E-state index in [0.29, 0.717) is 11.3 Å². The molecule has 1 N–H and O–H groups in total. The number of hydrogen-bond acceptors (Lipinski definition) is 5. The summed E-state index contributed by atoms with van der Waals surface area (Å²) in [6, 6.07) is 9.00. The van der Waals surface area contributed by atoms with E-state index in [9.17, 15) is 14.4 Å². The van der Waals surface area contributed by atoms with Crippen molar-refractivity contribution in [3.63, 3.8) is 0 Å². The third-order valence-electron chi connectivity index (χ3n) is 3.69. The number of anilines is 1. The van der Waals surface area contributed by atoms with Gasteiger partial charge in [-0.1, -0.05) is 6.07 Å². The molecule has 7 heteroatoms. The van der Waals surface area contributed by atoms with Crippen LogP contribution in [0.25, 0.3) is 0 Å². The van der Waals surface area contributed by atoms with Gasteiger partial charge in [0.25, 0.3) is 11.8 Å². The van der Waals surface area contributed by atoms with Crippen LogP contribution in [-0.4, -0.2) is 40.4 Å². The Morgan fingerprint density at radius 3 is 2.75 bits per heavy atom. The summed E-state index contributed by atoms with van der Waals surface area (Å²) in [5.41, 5.74) is 1.32. The minimum absolute atomic E-state index is 0.0421. The van der Waals surface area contributed by atoms with Gasteiger partial charge >= 0.3 is 0 Å². The van der Waals surface area contributed by atoms with Gasteiger partial charge in [-0.25, -0.2) is 0 Å². The third kappa shape index (κ3) is 3.16. The van der Waals surface area contributed by atoms with Crippen molar-refractivity contribution in [3.05, 3.63) is 53.9 Å². The fourth-order valence-electron chi connectivity index (χ4n) is 2.48. The molecule has 1 aromatic carbocycles. The van der Waals surface area contributed by atoms with E-state index in [0.717, 1.165) is 9.80 Å². The van der Waals surface area contributed by atoms with E-state index < -0.39 is 5.91 Å². The Balaban J connectivity index is 1.61. The smallest absolute Gasteiger partial charge is 0.263 e. The predicted molar refractivity (Wildman–Crippen MR) is 91.1 cm³/mol. The predicted octanol–water partition coefficient (Wildman–Crippen LogP) is 2.43. The zero-order valence-corrected chi connectivity index (χ0v) is 13.8. The molecule has 2 aromatic rings. The molecule has 24 heavy (non-hydrogen) atoms. The van der Waals surface area contributed by atoms with Crippen LogP contribution in [0.2, 0.25) is 0 Å². The molecule has 0 unspecified atom stereocenters. The molecule has 2 heterocycles. The topological polar surface area (TPSA) is 79.4 Å². The van der Waals surface area contributed by atoms with Crippen molar-refractivity contribution in [2.45, 2.75) is 11.3 Å². The number of benzene rings is 1. The Labute approximate surface area is 143 Å². The average Bonchev–Trinajstić information content (AvgIpc) is 2.84. The molecular weight excluding hydrogens is 326 g/mol. The molecular formula is C17H15N3O3S. The number of carbonyl (C=O) groups excluding carboxylic acids is 3. The van der Waals surface area contributed by atoms with E-state index in [1.165, 1.54) is 18.5 Å². The highest BCUT2D eigenvalue weighted by Crippen LogP contribution is 2.22. The van der Waals surface area contributed by atoms with E-state index >= 15 is 0 Å². The zero-order chi connectivity index (χ0) is 17.1. The minimum Gasteiger partial charge on any atom is -0.326 e. The molecule has 1 aromatic heterocycles. The monoisotopic (exact) mass is 341 g/mol. The van der Waals surface area contributed by atoms with Gasteiger partial charge in [0.05, 0.1) is 11.1 Å². The van der Waals surface area contributed by atoms with E-state index in [1.807, 2.05) is 24.5 Å². The fraction of sp³-hybridized carbons (Fsp3) is 0.176. The summed E-state index contributed by atoms with van der Waals surface area (Å²) in [6.45, 7) is 0.0421. The highest BCUT2D eigenvalue weighted by Gasteiger charge is 2.35. The normalized spacial score (nSPS) is 13.1. The molecule has 6 nitrogen and oxygen atoms in total. The van der Waals surface area contributed by atoms with Crippen LogP contribution in [0.3, 0.4) is 0 Å². The second-order valence-electron chi connectivity index (χ2n) is 5.21. The SMILES string of the molecule is CSc1cccc(NC(=O)CCN2C(=O)c3ccncc3C2=O)c1. The van der Waals surface area contributed by atoms with E-state index in [4.69, 9.17) is 0 Å². The highest BCUT2D eigenvalue weighted by atomic mass is 32.2. The summed E-state index contributed by atoms with van der Waals surface area (Å²) in [7, 11) is 0. The number of aromatic nitrogens is 1. The Morgan fingerprint density at radius 2 is 2.00 bits per heavy atom. The van der Waals surface area contributed by atoms with Crippen molar-refractivity contribution < 1.29 is 14.4 Å². The Kier molecular flexibility index (Phi) is 4.61. The molecule has 0 saturated heterocycles. The number of nitrogens with one attached hydrogen (secondary N) is 1. The van der Waals surface area contributed by atoms with Crippen molar-refractivity contribution in [3.8, 4) is 0 Å². The highest BCUT2D eigenvalue weighted by molar-refractivity contribution is 7.98. The quantitative estimate of drug-likeness (QED) is 0.667. The maximum absolute atomic E-state index is 12.2. The lowest BCUT2D eigenvalue weighted by atomic mass is 10.2. The molecule has 0 saturated carbocycles. The number of fused-ring (bicyclic) bond motifs is 1. The number of carbonyl (C=O) groups is 3. The first-order valence-corrected chi connectivity index (χ1v) is 8.56. The Bertz CT molecular complexity index is 787. The summed E-state index contributed by atoms with van der Waals surface area (Å²) in [5.74, 6) is -1.03. The van der Waals surface area contributed by atoms with Crippen molar-refractivity contribution in [2.75, 3.05) is 18.1 Å². The van der Waals surface area contributed by atoms with Gasteiger partial charge in [0.1, 0.15) is 0 Å². The summed E-state index contributed by atoms with van der Waals surface area (Å²) in [4.78, 5) is 42.5. The van der Waals surface area contributed by atoms with Crippen molar-refractivity contribution in [1.82, 2.24) is 9.88 Å². The molecule has 1 aliphatic heterocycles. The first-order valence-electron chi connectivity index (χ1n) is 7.34. The van der Waals surface area contributed by atoms with Crippen LogP contribution in [0.5, 0.6) is 0 Å². The van der Waals surface area contributed by atoms with Gasteiger partial charge in [-0.15, -0.1) is 11.8 Å². The number of imide groups is 1. The number of hydrogen-bond donors (Lipinski definition) is 1. The number of nitrogens with zero attached hydrogens (tertiary/aromatic N) is 2.